The Hall–Kier alpha value is -3.23. The highest BCUT2D eigenvalue weighted by molar-refractivity contribution is 7.19. The van der Waals surface area contributed by atoms with Gasteiger partial charge in [-0.3, -0.25) is 10.00 Å². The van der Waals surface area contributed by atoms with Crippen LogP contribution in [0.2, 0.25) is 0 Å². The van der Waals surface area contributed by atoms with Crippen LogP contribution in [0.5, 0.6) is 5.75 Å². The SMILES string of the molecule is COc1cc(-c2n[nH]c(-c3nc(C)c(N4C[C@@H]5C[C@H]4CN5C4CCOCC4)s3)c2CC(F)(F)F)cn2ncnc12. The van der Waals surface area contributed by atoms with E-state index < -0.39 is 12.6 Å². The number of nitrogens with zero attached hydrogens (tertiary/aromatic N) is 7. The van der Waals surface area contributed by atoms with Gasteiger partial charge in [0.15, 0.2) is 11.4 Å². The van der Waals surface area contributed by atoms with Gasteiger partial charge in [0, 0.05) is 61.8 Å². The number of ether oxygens (including phenoxy) is 2. The van der Waals surface area contributed by atoms with E-state index in [-0.39, 0.29) is 17.0 Å². The van der Waals surface area contributed by atoms with Crippen LogP contribution in [-0.2, 0) is 11.2 Å². The van der Waals surface area contributed by atoms with Crippen molar-refractivity contribution >= 4 is 22.0 Å². The molecule has 4 aromatic rings. The predicted molar refractivity (Wildman–Crippen MR) is 143 cm³/mol. The fourth-order valence-electron chi connectivity index (χ4n) is 6.50. The van der Waals surface area contributed by atoms with E-state index in [1.54, 1.807) is 12.3 Å². The highest BCUT2D eigenvalue weighted by atomic mass is 32.1. The van der Waals surface area contributed by atoms with Crippen molar-refractivity contribution in [3.8, 4) is 27.7 Å². The smallest absolute Gasteiger partial charge is 0.393 e. The number of anilines is 1. The van der Waals surface area contributed by atoms with Gasteiger partial charge in [0.05, 0.1) is 30.6 Å². The first kappa shape index (κ1) is 25.7. The van der Waals surface area contributed by atoms with Gasteiger partial charge in [0.25, 0.3) is 0 Å². The minimum atomic E-state index is -4.44. The normalized spacial score (nSPS) is 22.2. The zero-order valence-corrected chi connectivity index (χ0v) is 22.9. The standard InChI is InChI=1S/C26H29F3N8O2S/c1-14-25(36-12-17-8-18(36)11-35(17)16-3-5-39-6-4-16)40-24(32-14)22-19(9-26(27,28)29)21(33-34-22)15-7-20(38-2)23-30-13-31-37(23)10-15/h7,10,13,16-18H,3-6,8-9,11-12H2,1-2H3,(H,33,34)/t17-,18-/m0/s1. The maximum Gasteiger partial charge on any atom is 0.393 e. The molecule has 7 heterocycles. The first-order chi connectivity index (χ1) is 19.3. The van der Waals surface area contributed by atoms with E-state index in [4.69, 9.17) is 14.5 Å². The fourth-order valence-corrected chi connectivity index (χ4v) is 7.67. The number of hydrogen-bond acceptors (Lipinski definition) is 9. The molecule has 0 aliphatic carbocycles. The number of aryl methyl sites for hydroxylation is 1. The topological polar surface area (TPSA) is 96.7 Å². The Morgan fingerprint density at radius 1 is 1.18 bits per heavy atom. The number of aromatic nitrogens is 6. The number of aromatic amines is 1. The number of halogens is 3. The zero-order valence-electron chi connectivity index (χ0n) is 22.1. The Morgan fingerprint density at radius 3 is 2.73 bits per heavy atom. The number of hydrogen-bond donors (Lipinski definition) is 1. The van der Waals surface area contributed by atoms with E-state index in [2.05, 4.69) is 30.1 Å². The summed E-state index contributed by atoms with van der Waals surface area (Å²) in [6.07, 6.45) is 0.639. The molecule has 40 heavy (non-hydrogen) atoms. The second-order valence-corrected chi connectivity index (χ2v) is 11.7. The molecule has 3 fully saturated rings. The Balaban J connectivity index is 1.21. The highest BCUT2D eigenvalue weighted by Crippen LogP contribution is 2.44. The number of pyridine rings is 1. The van der Waals surface area contributed by atoms with Gasteiger partial charge >= 0.3 is 6.18 Å². The summed E-state index contributed by atoms with van der Waals surface area (Å²) >= 11 is 1.43. The van der Waals surface area contributed by atoms with E-state index in [1.807, 2.05) is 6.92 Å². The van der Waals surface area contributed by atoms with Crippen molar-refractivity contribution in [3.05, 3.63) is 29.8 Å². The molecule has 3 aliphatic heterocycles. The molecule has 212 valence electrons. The monoisotopic (exact) mass is 574 g/mol. The van der Waals surface area contributed by atoms with Crippen molar-refractivity contribution in [3.63, 3.8) is 0 Å². The third kappa shape index (κ3) is 4.41. The van der Waals surface area contributed by atoms with E-state index in [0.717, 1.165) is 56.3 Å². The minimum absolute atomic E-state index is 0.0444. The van der Waals surface area contributed by atoms with Crippen molar-refractivity contribution < 1.29 is 22.6 Å². The minimum Gasteiger partial charge on any atom is -0.493 e. The molecule has 0 aromatic carbocycles. The molecule has 0 spiro atoms. The Morgan fingerprint density at radius 2 is 2.00 bits per heavy atom. The molecule has 3 aliphatic rings. The molecule has 0 unspecified atom stereocenters. The molecule has 2 bridgehead atoms. The molecular formula is C26H29F3N8O2S. The molecule has 10 nitrogen and oxygen atoms in total. The van der Waals surface area contributed by atoms with Crippen LogP contribution in [-0.4, -0.2) is 92.4 Å². The fraction of sp³-hybridized carbons (Fsp3) is 0.538. The van der Waals surface area contributed by atoms with Gasteiger partial charge in [-0.15, -0.1) is 0 Å². The Kier molecular flexibility index (Phi) is 6.24. The molecule has 0 amide bonds. The van der Waals surface area contributed by atoms with Crippen LogP contribution in [0.4, 0.5) is 18.2 Å². The van der Waals surface area contributed by atoms with E-state index >= 15 is 0 Å². The van der Waals surface area contributed by atoms with Crippen molar-refractivity contribution in [2.75, 3.05) is 38.3 Å². The quantitative estimate of drug-likeness (QED) is 0.368. The van der Waals surface area contributed by atoms with Crippen molar-refractivity contribution in [2.24, 2.45) is 0 Å². The number of piperazine rings is 1. The average molecular weight is 575 g/mol. The van der Waals surface area contributed by atoms with Gasteiger partial charge in [0.1, 0.15) is 16.3 Å². The van der Waals surface area contributed by atoms with Gasteiger partial charge in [-0.05, 0) is 32.3 Å². The number of alkyl halides is 3. The number of nitrogens with one attached hydrogen (secondary N) is 1. The number of methoxy groups -OCH3 is 1. The molecule has 1 N–H and O–H groups in total. The molecular weight excluding hydrogens is 545 g/mol. The lowest BCUT2D eigenvalue weighted by atomic mass is 10.0. The Labute approximate surface area is 232 Å². The van der Waals surface area contributed by atoms with Crippen LogP contribution >= 0.6 is 11.3 Å². The third-order valence-electron chi connectivity index (χ3n) is 8.27. The molecule has 4 aromatic heterocycles. The number of rotatable bonds is 6. The second-order valence-electron chi connectivity index (χ2n) is 10.7. The summed E-state index contributed by atoms with van der Waals surface area (Å²) < 4.78 is 54.0. The highest BCUT2D eigenvalue weighted by Gasteiger charge is 2.47. The van der Waals surface area contributed by atoms with Crippen LogP contribution in [0.1, 0.15) is 30.5 Å². The lowest BCUT2D eigenvalue weighted by Gasteiger charge is -2.40. The van der Waals surface area contributed by atoms with Crippen LogP contribution in [0.15, 0.2) is 18.6 Å². The van der Waals surface area contributed by atoms with Gasteiger partial charge < -0.3 is 14.4 Å². The van der Waals surface area contributed by atoms with Gasteiger partial charge in [-0.1, -0.05) is 11.3 Å². The molecule has 2 atom stereocenters. The number of thiazole rings is 1. The first-order valence-corrected chi connectivity index (χ1v) is 14.2. The van der Waals surface area contributed by atoms with Crippen molar-refractivity contribution in [1.29, 1.82) is 0 Å². The maximum atomic E-state index is 13.8. The summed E-state index contributed by atoms with van der Waals surface area (Å²) in [6, 6.07) is 3.08. The summed E-state index contributed by atoms with van der Waals surface area (Å²) in [5.41, 5.74) is 2.25. The largest absolute Gasteiger partial charge is 0.493 e. The van der Waals surface area contributed by atoms with Crippen LogP contribution in [0.3, 0.4) is 0 Å². The maximum absolute atomic E-state index is 13.8. The van der Waals surface area contributed by atoms with Crippen LogP contribution in [0.25, 0.3) is 27.6 Å². The molecule has 0 saturated carbocycles. The number of H-pyrrole nitrogens is 1. The van der Waals surface area contributed by atoms with Gasteiger partial charge in [-0.25, -0.2) is 14.5 Å². The lowest BCUT2D eigenvalue weighted by Crippen LogP contribution is -2.51. The number of likely N-dealkylation sites (tertiary alicyclic amines) is 1. The van der Waals surface area contributed by atoms with Crippen LogP contribution in [0, 0.1) is 6.92 Å². The first-order valence-electron chi connectivity index (χ1n) is 13.4. The third-order valence-corrected chi connectivity index (χ3v) is 9.48. The summed E-state index contributed by atoms with van der Waals surface area (Å²) in [7, 11) is 1.48. The van der Waals surface area contributed by atoms with E-state index in [0.29, 0.717) is 40.1 Å². The Bertz CT molecular complexity index is 1540. The van der Waals surface area contributed by atoms with Gasteiger partial charge in [0.2, 0.25) is 0 Å². The second kappa shape index (κ2) is 9.70. The molecule has 0 radical (unpaired) electrons. The van der Waals surface area contributed by atoms with Crippen molar-refractivity contribution in [2.45, 2.75) is 56.9 Å². The molecule has 7 rings (SSSR count). The summed E-state index contributed by atoms with van der Waals surface area (Å²) in [5, 5.41) is 12.9. The summed E-state index contributed by atoms with van der Waals surface area (Å²) in [5.74, 6) is 0.392. The average Bonchev–Trinajstić information content (AvgIpc) is 3.75. The van der Waals surface area contributed by atoms with Crippen molar-refractivity contribution in [1.82, 2.24) is 34.7 Å². The molecule has 3 saturated heterocycles. The van der Waals surface area contributed by atoms with Crippen LogP contribution < -0.4 is 9.64 Å². The van der Waals surface area contributed by atoms with E-state index in [9.17, 15) is 13.2 Å². The predicted octanol–water partition coefficient (Wildman–Crippen LogP) is 4.11. The number of fused-ring (bicyclic) bond motifs is 3. The summed E-state index contributed by atoms with van der Waals surface area (Å²) in [6.45, 7) is 5.49. The summed E-state index contributed by atoms with van der Waals surface area (Å²) in [4.78, 5) is 13.9. The van der Waals surface area contributed by atoms with Gasteiger partial charge in [-0.2, -0.15) is 23.4 Å². The van der Waals surface area contributed by atoms with E-state index in [1.165, 1.54) is 29.3 Å². The lowest BCUT2D eigenvalue weighted by molar-refractivity contribution is -0.127. The molecule has 14 heteroatoms. The zero-order chi connectivity index (χ0) is 27.6.